The number of hydrazone groups is 1. The van der Waals surface area contributed by atoms with E-state index in [1.807, 2.05) is 30.3 Å². The van der Waals surface area contributed by atoms with Gasteiger partial charge in [-0.15, -0.1) is 0 Å². The first kappa shape index (κ1) is 14.6. The molecule has 1 aliphatic heterocycles. The van der Waals surface area contributed by atoms with Crippen molar-refractivity contribution in [2.75, 3.05) is 6.54 Å². The van der Waals surface area contributed by atoms with Gasteiger partial charge in [0.2, 0.25) is 0 Å². The quantitative estimate of drug-likeness (QED) is 0.884. The third-order valence-electron chi connectivity index (χ3n) is 3.78. The molecule has 1 heterocycles. The third kappa shape index (κ3) is 2.98. The largest absolute Gasteiger partial charge is 0.416 e. The Balaban J connectivity index is 1.92. The topological polar surface area (TPSA) is 24.4 Å². The van der Waals surface area contributed by atoms with E-state index < -0.39 is 11.7 Å². The first-order chi connectivity index (χ1) is 10.6. The van der Waals surface area contributed by atoms with Crippen molar-refractivity contribution in [2.45, 2.75) is 18.5 Å². The first-order valence-corrected chi connectivity index (χ1v) is 7.09. The summed E-state index contributed by atoms with van der Waals surface area (Å²) in [7, 11) is 0. The van der Waals surface area contributed by atoms with Gasteiger partial charge in [-0.05, 0) is 29.7 Å². The predicted molar refractivity (Wildman–Crippen MR) is 79.8 cm³/mol. The molecule has 2 aromatic carbocycles. The number of rotatable bonds is 2. The molecule has 1 atom stereocenters. The van der Waals surface area contributed by atoms with Crippen LogP contribution in [-0.4, -0.2) is 12.3 Å². The molecule has 0 saturated carbocycles. The minimum Gasteiger partial charge on any atom is -0.310 e. The lowest BCUT2D eigenvalue weighted by Crippen LogP contribution is -2.27. The molecular formula is C17H15F3N2. The van der Waals surface area contributed by atoms with E-state index in [1.54, 1.807) is 12.1 Å². The average molecular weight is 304 g/mol. The van der Waals surface area contributed by atoms with Crippen LogP contribution in [0, 0.1) is 0 Å². The molecule has 0 aliphatic carbocycles. The van der Waals surface area contributed by atoms with Gasteiger partial charge in [0, 0.05) is 12.5 Å². The summed E-state index contributed by atoms with van der Waals surface area (Å²) in [5.74, 6) is 0.00549. The van der Waals surface area contributed by atoms with E-state index in [9.17, 15) is 13.2 Å². The lowest BCUT2D eigenvalue weighted by molar-refractivity contribution is -0.137. The van der Waals surface area contributed by atoms with E-state index in [0.717, 1.165) is 35.4 Å². The van der Waals surface area contributed by atoms with Gasteiger partial charge in [0.15, 0.2) is 0 Å². The number of hydrogen-bond acceptors (Lipinski definition) is 2. The zero-order valence-electron chi connectivity index (χ0n) is 11.8. The second-order valence-corrected chi connectivity index (χ2v) is 5.23. The van der Waals surface area contributed by atoms with E-state index in [0.29, 0.717) is 6.54 Å². The van der Waals surface area contributed by atoms with Crippen molar-refractivity contribution in [1.82, 2.24) is 5.43 Å². The molecule has 22 heavy (non-hydrogen) atoms. The van der Waals surface area contributed by atoms with Gasteiger partial charge in [-0.2, -0.15) is 18.3 Å². The Hall–Kier alpha value is -2.30. The Morgan fingerprint density at radius 2 is 1.64 bits per heavy atom. The van der Waals surface area contributed by atoms with Gasteiger partial charge in [-0.1, -0.05) is 42.5 Å². The lowest BCUT2D eigenvalue weighted by Gasteiger charge is -2.24. The molecule has 0 aromatic heterocycles. The van der Waals surface area contributed by atoms with Crippen LogP contribution in [0.1, 0.15) is 29.0 Å². The molecule has 1 aliphatic rings. The van der Waals surface area contributed by atoms with Gasteiger partial charge in [0.1, 0.15) is 0 Å². The second-order valence-electron chi connectivity index (χ2n) is 5.23. The van der Waals surface area contributed by atoms with Crippen molar-refractivity contribution in [1.29, 1.82) is 0 Å². The molecule has 0 spiro atoms. The maximum absolute atomic E-state index is 12.7. The molecule has 0 radical (unpaired) electrons. The summed E-state index contributed by atoms with van der Waals surface area (Å²) < 4.78 is 38.0. The SMILES string of the molecule is FC(F)(F)c1ccc(C2CCNN=C2c2ccccc2)cc1. The van der Waals surface area contributed by atoms with Gasteiger partial charge in [0.05, 0.1) is 11.3 Å². The Morgan fingerprint density at radius 1 is 0.955 bits per heavy atom. The van der Waals surface area contributed by atoms with Crippen molar-refractivity contribution in [2.24, 2.45) is 5.10 Å². The van der Waals surface area contributed by atoms with E-state index in [1.165, 1.54) is 0 Å². The molecule has 0 bridgehead atoms. The third-order valence-corrected chi connectivity index (χ3v) is 3.78. The zero-order chi connectivity index (χ0) is 15.6. The highest BCUT2D eigenvalue weighted by atomic mass is 19.4. The Labute approximate surface area is 126 Å². The maximum Gasteiger partial charge on any atom is 0.416 e. The van der Waals surface area contributed by atoms with E-state index in [2.05, 4.69) is 10.5 Å². The van der Waals surface area contributed by atoms with Crippen molar-refractivity contribution in [3.05, 3.63) is 71.3 Å². The van der Waals surface area contributed by atoms with E-state index >= 15 is 0 Å². The standard InChI is InChI=1S/C17H15F3N2/c18-17(19,20)14-8-6-12(7-9-14)15-10-11-21-22-16(15)13-4-2-1-3-5-13/h1-9,15,21H,10-11H2. The van der Waals surface area contributed by atoms with Crippen LogP contribution in [-0.2, 0) is 6.18 Å². The fourth-order valence-corrected chi connectivity index (χ4v) is 2.67. The normalized spacial score (nSPS) is 18.5. The Bertz CT molecular complexity index is 661. The smallest absolute Gasteiger partial charge is 0.310 e. The summed E-state index contributed by atoms with van der Waals surface area (Å²) in [4.78, 5) is 0. The van der Waals surface area contributed by atoms with Crippen molar-refractivity contribution in [3.63, 3.8) is 0 Å². The van der Waals surface area contributed by atoms with Gasteiger partial charge >= 0.3 is 6.18 Å². The molecule has 0 saturated heterocycles. The zero-order valence-corrected chi connectivity index (χ0v) is 11.8. The summed E-state index contributed by atoms with van der Waals surface area (Å²) in [5.41, 5.74) is 5.07. The fraction of sp³-hybridized carbons (Fsp3) is 0.235. The lowest BCUT2D eigenvalue weighted by atomic mass is 9.86. The molecule has 0 amide bonds. The van der Waals surface area contributed by atoms with Crippen molar-refractivity contribution in [3.8, 4) is 0 Å². The number of nitrogens with one attached hydrogen (secondary N) is 1. The van der Waals surface area contributed by atoms with Crippen molar-refractivity contribution >= 4 is 5.71 Å². The summed E-state index contributed by atoms with van der Waals surface area (Å²) in [6, 6.07) is 15.1. The molecule has 1 unspecified atom stereocenters. The van der Waals surface area contributed by atoms with Crippen LogP contribution in [0.3, 0.4) is 0 Å². The maximum atomic E-state index is 12.7. The van der Waals surface area contributed by atoms with Gasteiger partial charge < -0.3 is 5.43 Å². The first-order valence-electron chi connectivity index (χ1n) is 7.09. The fourth-order valence-electron chi connectivity index (χ4n) is 2.67. The van der Waals surface area contributed by atoms with Crippen LogP contribution in [0.5, 0.6) is 0 Å². The van der Waals surface area contributed by atoms with Crippen LogP contribution in [0.2, 0.25) is 0 Å². The highest BCUT2D eigenvalue weighted by Gasteiger charge is 2.31. The highest BCUT2D eigenvalue weighted by Crippen LogP contribution is 2.32. The summed E-state index contributed by atoms with van der Waals surface area (Å²) in [5, 5.41) is 4.37. The number of halogens is 3. The molecule has 114 valence electrons. The van der Waals surface area contributed by atoms with Crippen LogP contribution in [0.15, 0.2) is 59.7 Å². The highest BCUT2D eigenvalue weighted by molar-refractivity contribution is 6.05. The molecule has 2 nitrogen and oxygen atoms in total. The van der Waals surface area contributed by atoms with Crippen LogP contribution in [0.4, 0.5) is 13.2 Å². The molecule has 1 N–H and O–H groups in total. The molecule has 2 aromatic rings. The minimum atomic E-state index is -4.30. The predicted octanol–water partition coefficient (Wildman–Crippen LogP) is 4.19. The Kier molecular flexibility index (Phi) is 3.88. The second kappa shape index (κ2) is 5.83. The summed E-state index contributed by atoms with van der Waals surface area (Å²) in [6.45, 7) is 0.710. The molecule has 5 heteroatoms. The van der Waals surface area contributed by atoms with Gasteiger partial charge in [-0.3, -0.25) is 0 Å². The molecule has 3 rings (SSSR count). The number of benzene rings is 2. The van der Waals surface area contributed by atoms with Gasteiger partial charge in [0.25, 0.3) is 0 Å². The minimum absolute atomic E-state index is 0.00549. The summed E-state index contributed by atoms with van der Waals surface area (Å²) >= 11 is 0. The average Bonchev–Trinajstić information content (AvgIpc) is 2.55. The van der Waals surface area contributed by atoms with E-state index in [4.69, 9.17) is 0 Å². The molecular weight excluding hydrogens is 289 g/mol. The van der Waals surface area contributed by atoms with Crippen LogP contribution < -0.4 is 5.43 Å². The number of alkyl halides is 3. The van der Waals surface area contributed by atoms with Crippen molar-refractivity contribution < 1.29 is 13.2 Å². The number of hydrogen-bond donors (Lipinski definition) is 1. The monoisotopic (exact) mass is 304 g/mol. The summed E-state index contributed by atoms with van der Waals surface area (Å²) in [6.07, 6.45) is -3.50. The Morgan fingerprint density at radius 3 is 2.27 bits per heavy atom. The van der Waals surface area contributed by atoms with Crippen LogP contribution in [0.25, 0.3) is 0 Å². The van der Waals surface area contributed by atoms with E-state index in [-0.39, 0.29) is 5.92 Å². The van der Waals surface area contributed by atoms with Crippen LogP contribution >= 0.6 is 0 Å². The number of nitrogens with zero attached hydrogens (tertiary/aromatic N) is 1. The molecule has 0 fully saturated rings. The van der Waals surface area contributed by atoms with Gasteiger partial charge in [-0.25, -0.2) is 0 Å².